The van der Waals surface area contributed by atoms with Gasteiger partial charge >= 0.3 is 0 Å². The monoisotopic (exact) mass is 320 g/mol. The SMILES string of the molecule is COCc1cc([N+](=O)[O-])ccc1NCC(C)(O)c1ccc(C)o1. The van der Waals surface area contributed by atoms with E-state index >= 15 is 0 Å². The summed E-state index contributed by atoms with van der Waals surface area (Å²) in [6, 6.07) is 7.98. The molecule has 1 aromatic heterocycles. The normalized spacial score (nSPS) is 13.6. The van der Waals surface area contributed by atoms with Gasteiger partial charge in [0.1, 0.15) is 17.1 Å². The summed E-state index contributed by atoms with van der Waals surface area (Å²) in [5.74, 6) is 1.17. The third kappa shape index (κ3) is 4.08. The Hall–Kier alpha value is -2.38. The molecule has 0 aliphatic carbocycles. The first-order valence-corrected chi connectivity index (χ1v) is 7.13. The minimum Gasteiger partial charge on any atom is -0.463 e. The second-order valence-electron chi connectivity index (χ2n) is 5.57. The molecule has 0 spiro atoms. The zero-order valence-corrected chi connectivity index (χ0v) is 13.3. The molecule has 0 amide bonds. The highest BCUT2D eigenvalue weighted by Crippen LogP contribution is 2.26. The van der Waals surface area contributed by atoms with Crippen LogP contribution in [-0.4, -0.2) is 23.7 Å². The number of ether oxygens (including phenoxy) is 1. The maximum atomic E-state index is 10.9. The Kier molecular flexibility index (Phi) is 5.02. The van der Waals surface area contributed by atoms with Crippen LogP contribution in [0.15, 0.2) is 34.7 Å². The molecule has 2 rings (SSSR count). The van der Waals surface area contributed by atoms with Gasteiger partial charge in [0.25, 0.3) is 5.69 Å². The minimum absolute atomic E-state index is 0.00369. The van der Waals surface area contributed by atoms with Crippen LogP contribution in [0.2, 0.25) is 0 Å². The highest BCUT2D eigenvalue weighted by molar-refractivity contribution is 5.56. The molecule has 0 saturated carbocycles. The van der Waals surface area contributed by atoms with E-state index in [2.05, 4.69) is 5.32 Å². The molecule has 7 heteroatoms. The summed E-state index contributed by atoms with van der Waals surface area (Å²) in [5, 5.41) is 24.5. The summed E-state index contributed by atoms with van der Waals surface area (Å²) in [6.07, 6.45) is 0. The molecule has 0 bridgehead atoms. The zero-order valence-electron chi connectivity index (χ0n) is 13.3. The Labute approximate surface area is 134 Å². The molecular weight excluding hydrogens is 300 g/mol. The first-order chi connectivity index (χ1) is 10.8. The maximum Gasteiger partial charge on any atom is 0.269 e. The van der Waals surface area contributed by atoms with Crippen molar-refractivity contribution in [3.63, 3.8) is 0 Å². The first kappa shape index (κ1) is 17.0. The second-order valence-corrected chi connectivity index (χ2v) is 5.57. The highest BCUT2D eigenvalue weighted by atomic mass is 16.6. The first-order valence-electron chi connectivity index (χ1n) is 7.13. The largest absolute Gasteiger partial charge is 0.463 e. The number of hydrogen-bond donors (Lipinski definition) is 2. The van der Waals surface area contributed by atoms with Crippen molar-refractivity contribution in [1.82, 2.24) is 0 Å². The van der Waals surface area contributed by atoms with Crippen LogP contribution in [-0.2, 0) is 16.9 Å². The molecular formula is C16H20N2O5. The highest BCUT2D eigenvalue weighted by Gasteiger charge is 2.27. The summed E-state index contributed by atoms with van der Waals surface area (Å²) >= 11 is 0. The fourth-order valence-electron chi connectivity index (χ4n) is 2.22. The Bertz CT molecular complexity index is 694. The number of non-ortho nitro benzene ring substituents is 1. The molecule has 7 nitrogen and oxygen atoms in total. The Morgan fingerprint density at radius 1 is 1.39 bits per heavy atom. The molecule has 0 aliphatic heterocycles. The number of nitro groups is 1. The number of methoxy groups -OCH3 is 1. The fraction of sp³-hybridized carbons (Fsp3) is 0.375. The fourth-order valence-corrected chi connectivity index (χ4v) is 2.22. The van der Waals surface area contributed by atoms with Gasteiger partial charge in [0.15, 0.2) is 0 Å². The maximum absolute atomic E-state index is 10.9. The van der Waals surface area contributed by atoms with Gasteiger partial charge in [-0.05, 0) is 32.0 Å². The molecule has 1 heterocycles. The van der Waals surface area contributed by atoms with Gasteiger partial charge in [0.2, 0.25) is 0 Å². The standard InChI is InChI=1S/C16H20N2O5/c1-11-4-7-15(23-11)16(2,19)10-17-14-6-5-13(18(20)21)8-12(14)9-22-3/h4-8,17,19H,9-10H2,1-3H3. The third-order valence-electron chi connectivity index (χ3n) is 3.49. The Balaban J connectivity index is 2.17. The van der Waals surface area contributed by atoms with Crippen molar-refractivity contribution < 1.29 is 19.2 Å². The number of furan rings is 1. The van der Waals surface area contributed by atoms with Gasteiger partial charge in [-0.15, -0.1) is 0 Å². The van der Waals surface area contributed by atoms with Crippen LogP contribution >= 0.6 is 0 Å². The third-order valence-corrected chi connectivity index (χ3v) is 3.49. The molecule has 23 heavy (non-hydrogen) atoms. The number of benzene rings is 1. The van der Waals surface area contributed by atoms with Crippen molar-refractivity contribution in [1.29, 1.82) is 0 Å². The molecule has 0 aliphatic rings. The number of anilines is 1. The molecule has 124 valence electrons. The molecule has 0 fully saturated rings. The van der Waals surface area contributed by atoms with E-state index in [9.17, 15) is 15.2 Å². The molecule has 1 atom stereocenters. The number of nitrogens with one attached hydrogen (secondary N) is 1. The molecule has 0 saturated heterocycles. The van der Waals surface area contributed by atoms with Crippen molar-refractivity contribution in [3.8, 4) is 0 Å². The van der Waals surface area contributed by atoms with E-state index in [4.69, 9.17) is 9.15 Å². The zero-order chi connectivity index (χ0) is 17.0. The van der Waals surface area contributed by atoms with Gasteiger partial charge in [-0.25, -0.2) is 0 Å². The van der Waals surface area contributed by atoms with E-state index in [0.717, 1.165) is 5.76 Å². The number of hydrogen-bond acceptors (Lipinski definition) is 6. The lowest BCUT2D eigenvalue weighted by Gasteiger charge is -2.23. The van der Waals surface area contributed by atoms with Crippen molar-refractivity contribution in [2.45, 2.75) is 26.1 Å². The van der Waals surface area contributed by atoms with E-state index in [1.807, 2.05) is 0 Å². The minimum atomic E-state index is -1.21. The van der Waals surface area contributed by atoms with E-state index in [0.29, 0.717) is 17.0 Å². The van der Waals surface area contributed by atoms with Crippen LogP contribution < -0.4 is 5.32 Å². The van der Waals surface area contributed by atoms with E-state index < -0.39 is 10.5 Å². The second kappa shape index (κ2) is 6.80. The van der Waals surface area contributed by atoms with E-state index in [1.54, 1.807) is 32.0 Å². The number of rotatable bonds is 7. The quantitative estimate of drug-likeness (QED) is 0.601. The average Bonchev–Trinajstić information content (AvgIpc) is 2.93. The summed E-state index contributed by atoms with van der Waals surface area (Å²) in [4.78, 5) is 10.4. The van der Waals surface area contributed by atoms with E-state index in [-0.39, 0.29) is 18.8 Å². The molecule has 0 radical (unpaired) electrons. The van der Waals surface area contributed by atoms with Crippen molar-refractivity contribution >= 4 is 11.4 Å². The lowest BCUT2D eigenvalue weighted by Crippen LogP contribution is -2.30. The van der Waals surface area contributed by atoms with Crippen LogP contribution in [0.4, 0.5) is 11.4 Å². The van der Waals surface area contributed by atoms with Crippen molar-refractivity contribution in [2.75, 3.05) is 19.0 Å². The van der Waals surface area contributed by atoms with Crippen molar-refractivity contribution in [3.05, 3.63) is 57.5 Å². The number of aryl methyl sites for hydroxylation is 1. The predicted molar refractivity (Wildman–Crippen MR) is 85.3 cm³/mol. The van der Waals surface area contributed by atoms with Crippen LogP contribution in [0.5, 0.6) is 0 Å². The number of aliphatic hydroxyl groups is 1. The van der Waals surface area contributed by atoms with Crippen LogP contribution in [0.1, 0.15) is 24.0 Å². The lowest BCUT2D eigenvalue weighted by molar-refractivity contribution is -0.384. The average molecular weight is 320 g/mol. The Morgan fingerprint density at radius 3 is 2.70 bits per heavy atom. The van der Waals surface area contributed by atoms with Crippen LogP contribution in [0.3, 0.4) is 0 Å². The van der Waals surface area contributed by atoms with Gasteiger partial charge in [-0.2, -0.15) is 0 Å². The summed E-state index contributed by atoms with van der Waals surface area (Å²) in [7, 11) is 1.52. The lowest BCUT2D eigenvalue weighted by atomic mass is 10.0. The predicted octanol–water partition coefficient (Wildman–Crippen LogP) is 2.96. The molecule has 2 N–H and O–H groups in total. The summed E-state index contributed by atoms with van der Waals surface area (Å²) in [6.45, 7) is 3.86. The Morgan fingerprint density at radius 2 is 2.13 bits per heavy atom. The van der Waals surface area contributed by atoms with Gasteiger partial charge in [-0.1, -0.05) is 0 Å². The van der Waals surface area contributed by atoms with E-state index in [1.165, 1.54) is 19.2 Å². The smallest absolute Gasteiger partial charge is 0.269 e. The van der Waals surface area contributed by atoms with Gasteiger partial charge < -0.3 is 19.6 Å². The molecule has 1 unspecified atom stereocenters. The summed E-state index contributed by atoms with van der Waals surface area (Å²) in [5.41, 5.74) is 0.102. The van der Waals surface area contributed by atoms with Gasteiger partial charge in [0, 0.05) is 30.5 Å². The van der Waals surface area contributed by atoms with Crippen LogP contribution in [0.25, 0.3) is 0 Å². The topological polar surface area (TPSA) is 97.8 Å². The molecule has 1 aromatic carbocycles. The van der Waals surface area contributed by atoms with Crippen LogP contribution in [0, 0.1) is 17.0 Å². The van der Waals surface area contributed by atoms with Crippen molar-refractivity contribution in [2.24, 2.45) is 0 Å². The van der Waals surface area contributed by atoms with Gasteiger partial charge in [0.05, 0.1) is 18.1 Å². The summed E-state index contributed by atoms with van der Waals surface area (Å²) < 4.78 is 10.5. The molecule has 2 aromatic rings. The number of nitrogens with zero attached hydrogens (tertiary/aromatic N) is 1. The van der Waals surface area contributed by atoms with Gasteiger partial charge in [-0.3, -0.25) is 10.1 Å². The number of nitro benzene ring substituents is 1.